The zero-order valence-corrected chi connectivity index (χ0v) is 19.9. The fraction of sp³-hybridized carbons (Fsp3) is 0.857. The van der Waals surface area contributed by atoms with Crippen LogP contribution in [0.3, 0.4) is 0 Å². The van der Waals surface area contributed by atoms with Crippen molar-refractivity contribution in [1.82, 2.24) is 25.1 Å². The summed E-state index contributed by atoms with van der Waals surface area (Å²) in [6.45, 7) is 15.2. The van der Waals surface area contributed by atoms with Gasteiger partial charge in [0.05, 0.1) is 0 Å². The fourth-order valence-corrected chi connectivity index (χ4v) is 5.27. The molecule has 0 saturated carbocycles. The van der Waals surface area contributed by atoms with Crippen LogP contribution in [0, 0.1) is 0 Å². The van der Waals surface area contributed by atoms with E-state index in [9.17, 15) is 10.4 Å². The minimum atomic E-state index is -0.576. The van der Waals surface area contributed by atoms with Gasteiger partial charge >= 0.3 is 12.0 Å². The lowest BCUT2D eigenvalue weighted by Crippen LogP contribution is -2.60. The van der Waals surface area contributed by atoms with Gasteiger partial charge in [0.15, 0.2) is 0 Å². The van der Waals surface area contributed by atoms with Crippen LogP contribution in [0.4, 0.5) is 5.95 Å². The van der Waals surface area contributed by atoms with Gasteiger partial charge in [0.1, 0.15) is 12.2 Å². The first-order valence-electron chi connectivity index (χ1n) is 10.8. The molecule has 0 amide bonds. The third kappa shape index (κ3) is 5.02. The molecule has 0 aromatic carbocycles. The molecule has 31 heavy (non-hydrogen) atoms. The highest BCUT2D eigenvalue weighted by molar-refractivity contribution is 5.21. The average molecular weight is 437 g/mol. The van der Waals surface area contributed by atoms with Crippen molar-refractivity contribution in [1.29, 1.82) is 0 Å². The lowest BCUT2D eigenvalue weighted by molar-refractivity contribution is -0.297. The number of ether oxygens (including phenoxy) is 2. The number of nitrogen functional groups attached to an aromatic ring is 1. The molecule has 2 aliphatic rings. The summed E-state index contributed by atoms with van der Waals surface area (Å²) in [5, 5.41) is 27.4. The predicted molar refractivity (Wildman–Crippen MR) is 113 cm³/mol. The summed E-state index contributed by atoms with van der Waals surface area (Å²) in [5.41, 5.74) is 3.59. The van der Waals surface area contributed by atoms with Crippen LogP contribution >= 0.6 is 0 Å². The Morgan fingerprint density at radius 1 is 0.677 bits per heavy atom. The Labute approximate surface area is 184 Å². The summed E-state index contributed by atoms with van der Waals surface area (Å²) in [5.74, 6) is -0.000405. The molecule has 0 atom stereocenters. The fourth-order valence-electron chi connectivity index (χ4n) is 5.27. The molecule has 1 aromatic heterocycles. The van der Waals surface area contributed by atoms with E-state index in [0.717, 1.165) is 10.1 Å². The van der Waals surface area contributed by atoms with E-state index in [-0.39, 0.29) is 30.2 Å². The third-order valence-electron chi connectivity index (χ3n) is 6.26. The number of hydroxylamine groups is 4. The van der Waals surface area contributed by atoms with Crippen molar-refractivity contribution < 1.29 is 19.9 Å². The highest BCUT2D eigenvalue weighted by atomic mass is 16.5. The van der Waals surface area contributed by atoms with Gasteiger partial charge in [0.25, 0.3) is 0 Å². The van der Waals surface area contributed by atoms with Gasteiger partial charge in [-0.25, -0.2) is 0 Å². The van der Waals surface area contributed by atoms with Crippen LogP contribution in [0.15, 0.2) is 0 Å². The smallest absolute Gasteiger partial charge is 0.324 e. The monoisotopic (exact) mass is 436 g/mol. The molecule has 3 rings (SSSR count). The summed E-state index contributed by atoms with van der Waals surface area (Å²) in [7, 11) is 0. The van der Waals surface area contributed by atoms with Crippen molar-refractivity contribution in [2.24, 2.45) is 0 Å². The van der Waals surface area contributed by atoms with E-state index in [2.05, 4.69) is 15.0 Å². The largest absolute Gasteiger partial charge is 0.460 e. The third-order valence-corrected chi connectivity index (χ3v) is 6.26. The Kier molecular flexibility index (Phi) is 5.92. The Hall–Kier alpha value is -1.75. The summed E-state index contributed by atoms with van der Waals surface area (Å²) in [4.78, 5) is 12.5. The van der Waals surface area contributed by atoms with E-state index < -0.39 is 22.2 Å². The lowest BCUT2D eigenvalue weighted by Gasteiger charge is -2.49. The zero-order valence-electron chi connectivity index (χ0n) is 19.9. The maximum atomic E-state index is 12.6. The molecule has 2 N–H and O–H groups in total. The summed E-state index contributed by atoms with van der Waals surface area (Å²) < 4.78 is 12.1. The number of aromatic nitrogens is 3. The van der Waals surface area contributed by atoms with E-state index in [1.165, 1.54) is 0 Å². The van der Waals surface area contributed by atoms with Crippen LogP contribution in [0.25, 0.3) is 0 Å². The predicted octanol–water partition coefficient (Wildman–Crippen LogP) is 2.95. The molecule has 10 nitrogen and oxygen atoms in total. The summed E-state index contributed by atoms with van der Waals surface area (Å²) in [6, 6.07) is 0.163. The van der Waals surface area contributed by atoms with Crippen molar-refractivity contribution >= 4 is 5.95 Å². The number of nitrogens with zero attached hydrogens (tertiary/aromatic N) is 5. The quantitative estimate of drug-likeness (QED) is 0.762. The van der Waals surface area contributed by atoms with Gasteiger partial charge in [-0.15, -0.1) is 25.5 Å². The van der Waals surface area contributed by atoms with Crippen LogP contribution < -0.4 is 15.2 Å². The second-order valence-electron chi connectivity index (χ2n) is 11.4. The maximum absolute atomic E-state index is 12.6. The highest BCUT2D eigenvalue weighted by Gasteiger charge is 2.48. The molecule has 0 unspecified atom stereocenters. The SMILES string of the molecule is CC1(C)CC(Oc2nc(N)nc(OC3CC(C)(C)N([O])C(C)(C)C3)n2)CC(C)(C)N1[O]. The molecule has 2 aliphatic heterocycles. The van der Waals surface area contributed by atoms with E-state index in [1.807, 2.05) is 55.4 Å². The maximum Gasteiger partial charge on any atom is 0.324 e. The molecule has 2 saturated heterocycles. The van der Waals surface area contributed by atoms with Crippen molar-refractivity contribution in [3.8, 4) is 12.0 Å². The van der Waals surface area contributed by atoms with Gasteiger partial charge < -0.3 is 15.2 Å². The Balaban J connectivity index is 1.75. The second kappa shape index (κ2) is 7.68. The van der Waals surface area contributed by atoms with E-state index in [0.29, 0.717) is 25.7 Å². The normalized spacial score (nSPS) is 26.5. The molecular weight excluding hydrogens is 400 g/mol. The number of hydrogen-bond donors (Lipinski definition) is 1. The van der Waals surface area contributed by atoms with Crippen LogP contribution in [0.1, 0.15) is 81.1 Å². The standard InChI is InChI=1S/C21H36N6O4/c1-18(2)9-13(10-19(3,4)26(18)28)30-16-23-15(22)24-17(25-16)31-14-11-20(5,6)27(29)21(7,8)12-14/h13-14H,9-12H2,1-8H3,(H2,22,23,24,25). The molecular formula is C21H36N6O4. The second-order valence-corrected chi connectivity index (χ2v) is 11.4. The van der Waals surface area contributed by atoms with Gasteiger partial charge in [-0.2, -0.15) is 9.97 Å². The lowest BCUT2D eigenvalue weighted by atomic mass is 9.80. The van der Waals surface area contributed by atoms with Crippen LogP contribution in [0.5, 0.6) is 12.0 Å². The van der Waals surface area contributed by atoms with Crippen molar-refractivity contribution in [2.45, 2.75) is 115 Å². The molecule has 2 radical (unpaired) electrons. The minimum absolute atomic E-state index is 0.000405. The van der Waals surface area contributed by atoms with E-state index >= 15 is 0 Å². The minimum Gasteiger partial charge on any atom is -0.460 e. The van der Waals surface area contributed by atoms with Gasteiger partial charge in [-0.3, -0.25) is 0 Å². The van der Waals surface area contributed by atoms with E-state index in [1.54, 1.807) is 0 Å². The Morgan fingerprint density at radius 2 is 0.968 bits per heavy atom. The van der Waals surface area contributed by atoms with Crippen LogP contribution in [-0.2, 0) is 10.4 Å². The topological polar surface area (TPSA) is 129 Å². The molecule has 0 bridgehead atoms. The number of anilines is 1. The first-order valence-corrected chi connectivity index (χ1v) is 10.8. The number of hydrogen-bond acceptors (Lipinski definition) is 8. The average Bonchev–Trinajstić information content (AvgIpc) is 2.56. The Bertz CT molecular complexity index is 715. The summed E-state index contributed by atoms with van der Waals surface area (Å²) in [6.07, 6.45) is 1.65. The molecule has 3 heterocycles. The van der Waals surface area contributed by atoms with Crippen molar-refractivity contribution in [3.63, 3.8) is 0 Å². The number of nitrogens with two attached hydrogens (primary N) is 1. The van der Waals surface area contributed by atoms with Crippen molar-refractivity contribution in [3.05, 3.63) is 0 Å². The van der Waals surface area contributed by atoms with Gasteiger partial charge in [-0.1, -0.05) is 0 Å². The van der Waals surface area contributed by atoms with Gasteiger partial charge in [0, 0.05) is 47.8 Å². The molecule has 10 heteroatoms. The molecule has 0 spiro atoms. The van der Waals surface area contributed by atoms with E-state index in [4.69, 9.17) is 15.2 Å². The molecule has 174 valence electrons. The summed E-state index contributed by atoms with van der Waals surface area (Å²) >= 11 is 0. The van der Waals surface area contributed by atoms with Gasteiger partial charge in [-0.05, 0) is 55.4 Å². The highest BCUT2D eigenvalue weighted by Crippen LogP contribution is 2.40. The van der Waals surface area contributed by atoms with Crippen LogP contribution in [-0.4, -0.2) is 59.4 Å². The van der Waals surface area contributed by atoms with Crippen molar-refractivity contribution in [2.75, 3.05) is 5.73 Å². The van der Waals surface area contributed by atoms with Gasteiger partial charge in [0.2, 0.25) is 5.95 Å². The first kappa shape index (κ1) is 23.9. The van der Waals surface area contributed by atoms with Crippen LogP contribution in [0.2, 0.25) is 0 Å². The molecule has 1 aromatic rings. The Morgan fingerprint density at radius 3 is 1.26 bits per heavy atom. The first-order chi connectivity index (χ1) is 14.0. The molecule has 2 fully saturated rings. The number of piperidine rings is 2. The zero-order chi connectivity index (χ0) is 23.4. The molecule has 0 aliphatic carbocycles. The number of rotatable bonds is 4.